The third kappa shape index (κ3) is 2.46. The predicted molar refractivity (Wildman–Crippen MR) is 72.3 cm³/mol. The lowest BCUT2D eigenvalue weighted by Crippen LogP contribution is -2.48. The molecule has 21 heavy (non-hydrogen) atoms. The Hall–Kier alpha value is -2.44. The van der Waals surface area contributed by atoms with Crippen molar-refractivity contribution in [2.45, 2.75) is 11.7 Å². The van der Waals surface area contributed by atoms with Crippen molar-refractivity contribution in [1.29, 1.82) is 0 Å². The Balaban J connectivity index is 2.36. The van der Waals surface area contributed by atoms with E-state index in [0.29, 0.717) is 5.56 Å². The number of ketones is 1. The number of hydrogen-bond acceptors (Lipinski definition) is 6. The Labute approximate surface area is 120 Å². The summed E-state index contributed by atoms with van der Waals surface area (Å²) in [5.74, 6) is -4.09. The zero-order valence-electron chi connectivity index (χ0n) is 10.9. The van der Waals surface area contributed by atoms with Gasteiger partial charge < -0.3 is 20.4 Å². The molecule has 0 amide bonds. The number of Topliss-reactive ketones (excluding diaryl/α,β-unsaturated/α-hetero) is 1. The highest BCUT2D eigenvalue weighted by atomic mass is 16.4. The Morgan fingerprint density at radius 3 is 2.43 bits per heavy atom. The molecule has 0 saturated carbocycles. The highest BCUT2D eigenvalue weighted by Crippen LogP contribution is 2.34. The van der Waals surface area contributed by atoms with Gasteiger partial charge in [0, 0.05) is 0 Å². The van der Waals surface area contributed by atoms with Crippen molar-refractivity contribution in [3.05, 3.63) is 59.6 Å². The van der Waals surface area contributed by atoms with Gasteiger partial charge in [0.2, 0.25) is 0 Å². The van der Waals surface area contributed by atoms with Crippen molar-refractivity contribution in [1.82, 2.24) is 0 Å². The standard InChI is InChI=1S/C15H14O6/c16-8-15(21)10(6-7-11(17)14(15)20)13(19)12(18)9-4-2-1-3-5-9/h1-8,10,12,17-18,20-21H. The van der Waals surface area contributed by atoms with Crippen molar-refractivity contribution in [3.63, 3.8) is 0 Å². The van der Waals surface area contributed by atoms with Crippen LogP contribution in [-0.2, 0) is 9.59 Å². The average Bonchev–Trinajstić information content (AvgIpc) is 2.52. The molecule has 6 heteroatoms. The molecule has 0 radical (unpaired) electrons. The molecule has 3 atom stereocenters. The number of aliphatic hydroxyl groups excluding tert-OH is 3. The predicted octanol–water partition coefficient (Wildman–Crippen LogP) is 0.733. The molecule has 4 N–H and O–H groups in total. The first kappa shape index (κ1) is 15.0. The Morgan fingerprint density at radius 2 is 1.86 bits per heavy atom. The summed E-state index contributed by atoms with van der Waals surface area (Å²) < 4.78 is 0. The number of carbonyl (C=O) groups excluding carboxylic acids is 2. The lowest BCUT2D eigenvalue weighted by atomic mass is 9.77. The molecule has 0 heterocycles. The van der Waals surface area contributed by atoms with E-state index in [0.717, 1.165) is 12.2 Å². The van der Waals surface area contributed by atoms with Gasteiger partial charge in [0.05, 0.1) is 5.92 Å². The normalized spacial score (nSPS) is 26.5. The van der Waals surface area contributed by atoms with E-state index in [9.17, 15) is 30.0 Å². The van der Waals surface area contributed by atoms with E-state index in [-0.39, 0.29) is 6.29 Å². The van der Waals surface area contributed by atoms with E-state index in [1.807, 2.05) is 0 Å². The van der Waals surface area contributed by atoms with Crippen LogP contribution in [0, 0.1) is 5.92 Å². The first-order valence-electron chi connectivity index (χ1n) is 6.18. The number of carbonyl (C=O) groups is 2. The number of aliphatic hydroxyl groups is 4. The van der Waals surface area contributed by atoms with Crippen molar-refractivity contribution in [3.8, 4) is 0 Å². The van der Waals surface area contributed by atoms with E-state index in [2.05, 4.69) is 0 Å². The summed E-state index contributed by atoms with van der Waals surface area (Å²) in [5.41, 5.74) is -2.30. The van der Waals surface area contributed by atoms with Gasteiger partial charge in [0.15, 0.2) is 29.2 Å². The Morgan fingerprint density at radius 1 is 1.24 bits per heavy atom. The van der Waals surface area contributed by atoms with E-state index in [1.54, 1.807) is 18.2 Å². The first-order valence-corrected chi connectivity index (χ1v) is 6.18. The van der Waals surface area contributed by atoms with Gasteiger partial charge in [-0.1, -0.05) is 36.4 Å². The monoisotopic (exact) mass is 290 g/mol. The van der Waals surface area contributed by atoms with Gasteiger partial charge in [0.1, 0.15) is 6.10 Å². The Kier molecular flexibility index (Phi) is 3.93. The van der Waals surface area contributed by atoms with Gasteiger partial charge in [-0.15, -0.1) is 0 Å². The van der Waals surface area contributed by atoms with Crippen LogP contribution in [0.25, 0.3) is 0 Å². The van der Waals surface area contributed by atoms with Crippen molar-refractivity contribution in [2.24, 2.45) is 5.92 Å². The molecule has 0 saturated heterocycles. The van der Waals surface area contributed by atoms with Crippen LogP contribution in [-0.4, -0.2) is 38.1 Å². The third-order valence-electron chi connectivity index (χ3n) is 3.41. The van der Waals surface area contributed by atoms with E-state index < -0.39 is 34.9 Å². The molecule has 3 unspecified atom stereocenters. The SMILES string of the molecule is O=CC1(O)C(O)=C(O)C=CC1C(=O)C(O)c1ccccc1. The first-order chi connectivity index (χ1) is 9.91. The van der Waals surface area contributed by atoms with Crippen molar-refractivity contribution < 1.29 is 30.0 Å². The van der Waals surface area contributed by atoms with Crippen LogP contribution in [0.1, 0.15) is 11.7 Å². The third-order valence-corrected chi connectivity index (χ3v) is 3.41. The maximum absolute atomic E-state index is 12.3. The summed E-state index contributed by atoms with van der Waals surface area (Å²) in [5, 5.41) is 39.2. The lowest BCUT2D eigenvalue weighted by Gasteiger charge is -2.31. The summed E-state index contributed by atoms with van der Waals surface area (Å²) >= 11 is 0. The topological polar surface area (TPSA) is 115 Å². The fourth-order valence-electron chi connectivity index (χ4n) is 2.18. The lowest BCUT2D eigenvalue weighted by molar-refractivity contribution is -0.144. The molecule has 0 aliphatic heterocycles. The summed E-state index contributed by atoms with van der Waals surface area (Å²) in [6.45, 7) is 0. The molecule has 0 aromatic heterocycles. The van der Waals surface area contributed by atoms with Gasteiger partial charge >= 0.3 is 0 Å². The smallest absolute Gasteiger partial charge is 0.193 e. The van der Waals surface area contributed by atoms with Crippen LogP contribution in [0.4, 0.5) is 0 Å². The molecule has 110 valence electrons. The molecule has 1 aromatic rings. The molecule has 1 aromatic carbocycles. The molecule has 1 aliphatic rings. The molecular weight excluding hydrogens is 276 g/mol. The van der Waals surface area contributed by atoms with Crippen LogP contribution < -0.4 is 0 Å². The molecular formula is C15H14O6. The van der Waals surface area contributed by atoms with Gasteiger partial charge in [0.25, 0.3) is 0 Å². The summed E-state index contributed by atoms with van der Waals surface area (Å²) in [6.07, 6.45) is 0.453. The second-order valence-electron chi connectivity index (χ2n) is 4.73. The minimum Gasteiger partial charge on any atom is -0.506 e. The van der Waals surface area contributed by atoms with Crippen molar-refractivity contribution in [2.75, 3.05) is 0 Å². The zero-order chi connectivity index (χ0) is 15.6. The second kappa shape index (κ2) is 5.51. The minimum atomic E-state index is -2.59. The zero-order valence-corrected chi connectivity index (χ0v) is 10.9. The van der Waals surface area contributed by atoms with Crippen LogP contribution in [0.3, 0.4) is 0 Å². The quantitative estimate of drug-likeness (QED) is 0.608. The van der Waals surface area contributed by atoms with Crippen LogP contribution in [0.2, 0.25) is 0 Å². The molecule has 0 bridgehead atoms. The molecule has 0 spiro atoms. The van der Waals surface area contributed by atoms with Gasteiger partial charge in [-0.2, -0.15) is 0 Å². The van der Waals surface area contributed by atoms with Crippen LogP contribution in [0.5, 0.6) is 0 Å². The summed E-state index contributed by atoms with van der Waals surface area (Å²) in [4.78, 5) is 23.4. The van der Waals surface area contributed by atoms with Crippen molar-refractivity contribution >= 4 is 12.1 Å². The van der Waals surface area contributed by atoms with Crippen LogP contribution >= 0.6 is 0 Å². The van der Waals surface area contributed by atoms with E-state index in [1.165, 1.54) is 12.1 Å². The van der Waals surface area contributed by atoms with Gasteiger partial charge in [-0.05, 0) is 11.6 Å². The summed E-state index contributed by atoms with van der Waals surface area (Å²) in [7, 11) is 0. The number of benzene rings is 1. The fraction of sp³-hybridized carbons (Fsp3) is 0.200. The van der Waals surface area contributed by atoms with E-state index in [4.69, 9.17) is 0 Å². The van der Waals surface area contributed by atoms with Gasteiger partial charge in [-0.3, -0.25) is 9.59 Å². The van der Waals surface area contributed by atoms with Gasteiger partial charge in [-0.25, -0.2) is 0 Å². The highest BCUT2D eigenvalue weighted by molar-refractivity contribution is 5.93. The summed E-state index contributed by atoms with van der Waals surface area (Å²) in [6, 6.07) is 7.98. The number of rotatable bonds is 4. The fourth-order valence-corrected chi connectivity index (χ4v) is 2.18. The van der Waals surface area contributed by atoms with E-state index >= 15 is 0 Å². The van der Waals surface area contributed by atoms with Crippen LogP contribution in [0.15, 0.2) is 54.0 Å². The maximum Gasteiger partial charge on any atom is 0.193 e. The number of aldehydes is 1. The molecule has 0 fully saturated rings. The number of hydrogen-bond donors (Lipinski definition) is 4. The average molecular weight is 290 g/mol. The minimum absolute atomic E-state index is 0.0394. The molecule has 2 rings (SSSR count). The largest absolute Gasteiger partial charge is 0.506 e. The molecule has 1 aliphatic carbocycles. The highest BCUT2D eigenvalue weighted by Gasteiger charge is 2.48. The maximum atomic E-state index is 12.3. The molecule has 6 nitrogen and oxygen atoms in total. The number of allylic oxidation sites excluding steroid dienone is 1. The second-order valence-corrected chi connectivity index (χ2v) is 4.73. The Bertz CT molecular complexity index is 618.